The lowest BCUT2D eigenvalue weighted by atomic mass is 9.47. The Hall–Kier alpha value is -1.17. The molecule has 5 nitrogen and oxygen atoms in total. The molecule has 1 saturated carbocycles. The van der Waals surface area contributed by atoms with Crippen molar-refractivity contribution in [2.24, 2.45) is 34.0 Å². The maximum Gasteiger partial charge on any atom is 0.312 e. The van der Waals surface area contributed by atoms with E-state index in [2.05, 4.69) is 32.9 Å². The van der Waals surface area contributed by atoms with Crippen molar-refractivity contribution in [2.45, 2.75) is 66.2 Å². The van der Waals surface area contributed by atoms with Gasteiger partial charge in [0.15, 0.2) is 0 Å². The van der Waals surface area contributed by atoms with Crippen LogP contribution in [0.3, 0.4) is 0 Å². The fraction of sp³-hybridized carbons (Fsp3) is 0.800. The van der Waals surface area contributed by atoms with Gasteiger partial charge >= 0.3 is 5.97 Å². The minimum absolute atomic E-state index is 0.0666. The third kappa shape index (κ3) is 3.89. The Balaban J connectivity index is 1.84. The van der Waals surface area contributed by atoms with Crippen LogP contribution in [0.4, 0.5) is 0 Å². The average molecular weight is 421 g/mol. The number of aliphatic hydroxyl groups is 3. The second kappa shape index (κ2) is 8.76. The molecule has 0 bridgehead atoms. The van der Waals surface area contributed by atoms with E-state index in [0.717, 1.165) is 38.5 Å². The molecule has 0 radical (unpaired) electrons. The highest BCUT2D eigenvalue weighted by atomic mass is 16.5. The number of carbonyl (C=O) groups is 1. The summed E-state index contributed by atoms with van der Waals surface area (Å²) in [5.41, 5.74) is 1.28. The molecule has 0 aromatic rings. The predicted molar refractivity (Wildman–Crippen MR) is 117 cm³/mol. The maximum absolute atomic E-state index is 13.3. The minimum Gasteiger partial charge on any atom is -0.464 e. The first-order chi connectivity index (χ1) is 14.2. The Labute approximate surface area is 181 Å². The number of hydrogen-bond acceptors (Lipinski definition) is 5. The van der Waals surface area contributed by atoms with Crippen molar-refractivity contribution in [3.63, 3.8) is 0 Å². The summed E-state index contributed by atoms with van der Waals surface area (Å²) in [5.74, 6) is 1.01. The summed E-state index contributed by atoms with van der Waals surface area (Å²) in [6.45, 7) is 7.48. The van der Waals surface area contributed by atoms with Crippen LogP contribution in [0.25, 0.3) is 0 Å². The molecule has 3 aliphatic carbocycles. The molecule has 0 aliphatic heterocycles. The molecule has 0 amide bonds. The zero-order valence-electron chi connectivity index (χ0n) is 19.1. The predicted octanol–water partition coefficient (Wildman–Crippen LogP) is 3.63. The molecule has 30 heavy (non-hydrogen) atoms. The summed E-state index contributed by atoms with van der Waals surface area (Å²) in [5, 5.41) is 28.7. The molecule has 170 valence electrons. The Bertz CT molecular complexity index is 696. The maximum atomic E-state index is 13.3. The summed E-state index contributed by atoms with van der Waals surface area (Å²) in [4.78, 5) is 13.3. The first kappa shape index (κ1) is 23.5. The normalized spacial score (nSPS) is 34.0. The Morgan fingerprint density at radius 3 is 2.47 bits per heavy atom. The van der Waals surface area contributed by atoms with Crippen molar-refractivity contribution >= 4 is 5.97 Å². The van der Waals surface area contributed by atoms with Gasteiger partial charge in [0.1, 0.15) is 6.61 Å². The molecule has 3 aliphatic rings. The lowest BCUT2D eigenvalue weighted by Gasteiger charge is -2.57. The molecule has 5 heteroatoms. The van der Waals surface area contributed by atoms with Crippen LogP contribution in [0, 0.1) is 34.0 Å². The van der Waals surface area contributed by atoms with Gasteiger partial charge in [0.2, 0.25) is 0 Å². The molecule has 3 rings (SSSR count). The van der Waals surface area contributed by atoms with E-state index in [0.29, 0.717) is 11.8 Å². The third-order valence-corrected chi connectivity index (χ3v) is 8.56. The number of ether oxygens (including phenoxy) is 1. The fourth-order valence-corrected chi connectivity index (χ4v) is 6.26. The average Bonchev–Trinajstić information content (AvgIpc) is 2.74. The molecule has 0 aromatic heterocycles. The van der Waals surface area contributed by atoms with Gasteiger partial charge in [-0.25, -0.2) is 0 Å². The van der Waals surface area contributed by atoms with E-state index < -0.39 is 30.7 Å². The van der Waals surface area contributed by atoms with E-state index in [9.17, 15) is 20.1 Å². The van der Waals surface area contributed by atoms with E-state index in [1.807, 2.05) is 6.92 Å². The Morgan fingerprint density at radius 2 is 1.87 bits per heavy atom. The summed E-state index contributed by atoms with van der Waals surface area (Å²) in [7, 11) is 0. The van der Waals surface area contributed by atoms with Crippen LogP contribution in [0.15, 0.2) is 23.3 Å². The molecule has 0 saturated heterocycles. The molecule has 4 unspecified atom stereocenters. The standard InChI is InChI=1S/C25H40O5/c1-17(2)18-6-8-20-19(12-18)7-9-21-23(20,3)10-5-11-24(21,4)22(29)30-16-25(13-26,14-27)15-28/h7,12,17,20-21,26-28H,5-6,8-11,13-16H2,1-4H3. The Kier molecular flexibility index (Phi) is 6.86. The van der Waals surface area contributed by atoms with Gasteiger partial charge in [0.25, 0.3) is 0 Å². The van der Waals surface area contributed by atoms with Crippen molar-refractivity contribution < 1.29 is 24.9 Å². The van der Waals surface area contributed by atoms with E-state index in [1.54, 1.807) is 0 Å². The van der Waals surface area contributed by atoms with E-state index in [-0.39, 0.29) is 23.9 Å². The second-order valence-electron chi connectivity index (χ2n) is 10.8. The second-order valence-corrected chi connectivity index (χ2v) is 10.8. The van der Waals surface area contributed by atoms with Crippen LogP contribution in [0.1, 0.15) is 66.2 Å². The van der Waals surface area contributed by atoms with Gasteiger partial charge in [-0.2, -0.15) is 0 Å². The molecule has 3 N–H and O–H groups in total. The minimum atomic E-state index is -1.19. The molecule has 0 spiro atoms. The van der Waals surface area contributed by atoms with Crippen molar-refractivity contribution in [1.29, 1.82) is 0 Å². The van der Waals surface area contributed by atoms with E-state index >= 15 is 0 Å². The van der Waals surface area contributed by atoms with Gasteiger partial charge in [-0.05, 0) is 67.8 Å². The van der Waals surface area contributed by atoms with Crippen LogP contribution < -0.4 is 0 Å². The Morgan fingerprint density at radius 1 is 1.20 bits per heavy atom. The van der Waals surface area contributed by atoms with Crippen LogP contribution >= 0.6 is 0 Å². The van der Waals surface area contributed by atoms with Gasteiger partial charge in [0.05, 0.1) is 30.7 Å². The lowest BCUT2D eigenvalue weighted by Crippen LogP contribution is -2.54. The number of allylic oxidation sites excluding steroid dienone is 4. The first-order valence-corrected chi connectivity index (χ1v) is 11.6. The van der Waals surface area contributed by atoms with E-state index in [4.69, 9.17) is 4.74 Å². The number of rotatable bonds is 7. The van der Waals surface area contributed by atoms with Gasteiger partial charge in [0, 0.05) is 0 Å². The smallest absolute Gasteiger partial charge is 0.312 e. The SMILES string of the molecule is CC(C)C1=CC2=CCC3C(C)(C(=O)OCC(CO)(CO)CO)CCCC3(C)C2CC1. The van der Waals surface area contributed by atoms with Crippen molar-refractivity contribution in [2.75, 3.05) is 26.4 Å². The van der Waals surface area contributed by atoms with Gasteiger partial charge in [-0.1, -0.05) is 44.9 Å². The lowest BCUT2D eigenvalue weighted by molar-refractivity contribution is -0.176. The summed E-state index contributed by atoms with van der Waals surface area (Å²) in [6, 6.07) is 0. The summed E-state index contributed by atoms with van der Waals surface area (Å²) < 4.78 is 5.65. The van der Waals surface area contributed by atoms with Gasteiger partial charge in [-0.3, -0.25) is 4.79 Å². The van der Waals surface area contributed by atoms with Gasteiger partial charge in [-0.15, -0.1) is 0 Å². The van der Waals surface area contributed by atoms with Crippen LogP contribution in [-0.4, -0.2) is 47.7 Å². The zero-order valence-corrected chi connectivity index (χ0v) is 19.1. The highest BCUT2D eigenvalue weighted by Crippen LogP contribution is 2.62. The summed E-state index contributed by atoms with van der Waals surface area (Å²) in [6.07, 6.45) is 10.8. The quantitative estimate of drug-likeness (QED) is 0.548. The van der Waals surface area contributed by atoms with Crippen LogP contribution in [-0.2, 0) is 9.53 Å². The number of aliphatic hydroxyl groups excluding tert-OH is 3. The third-order valence-electron chi connectivity index (χ3n) is 8.56. The number of carbonyl (C=O) groups excluding carboxylic acids is 1. The molecule has 4 atom stereocenters. The fourth-order valence-electron chi connectivity index (χ4n) is 6.26. The number of hydrogen-bond donors (Lipinski definition) is 3. The zero-order chi connectivity index (χ0) is 22.2. The van der Waals surface area contributed by atoms with Crippen molar-refractivity contribution in [3.8, 4) is 0 Å². The highest BCUT2D eigenvalue weighted by Gasteiger charge is 2.57. The monoisotopic (exact) mass is 420 g/mol. The first-order valence-electron chi connectivity index (χ1n) is 11.6. The van der Waals surface area contributed by atoms with E-state index in [1.165, 1.54) is 11.1 Å². The highest BCUT2D eigenvalue weighted by molar-refractivity contribution is 5.77. The van der Waals surface area contributed by atoms with Crippen molar-refractivity contribution in [1.82, 2.24) is 0 Å². The molecular formula is C25H40O5. The number of fused-ring (bicyclic) bond motifs is 3. The molecular weight excluding hydrogens is 380 g/mol. The largest absolute Gasteiger partial charge is 0.464 e. The topological polar surface area (TPSA) is 87.0 Å². The summed E-state index contributed by atoms with van der Waals surface area (Å²) >= 11 is 0. The van der Waals surface area contributed by atoms with Crippen LogP contribution in [0.5, 0.6) is 0 Å². The molecule has 0 heterocycles. The molecule has 0 aromatic carbocycles. The van der Waals surface area contributed by atoms with Gasteiger partial charge < -0.3 is 20.1 Å². The van der Waals surface area contributed by atoms with Crippen LogP contribution in [0.2, 0.25) is 0 Å². The molecule has 1 fully saturated rings. The number of esters is 1. The van der Waals surface area contributed by atoms with Crippen molar-refractivity contribution in [3.05, 3.63) is 23.3 Å².